The third-order valence-corrected chi connectivity index (χ3v) is 14.5. The molecular formula is C10H22OSi2. The summed E-state index contributed by atoms with van der Waals surface area (Å²) in [6, 6.07) is 4.31. The first-order chi connectivity index (χ1) is 5.87. The predicted octanol–water partition coefficient (Wildman–Crippen LogP) is 3.74. The van der Waals surface area contributed by atoms with E-state index in [1.165, 1.54) is 31.0 Å². The molecule has 0 radical (unpaired) electrons. The molecule has 1 nitrogen and oxygen atoms in total. The Hall–Kier alpha value is 0.394. The molecule has 1 atom stereocenters. The van der Waals surface area contributed by atoms with Gasteiger partial charge in [0.25, 0.3) is 0 Å². The fourth-order valence-corrected chi connectivity index (χ4v) is 14.4. The second-order valence-electron chi connectivity index (χ2n) is 6.09. The van der Waals surface area contributed by atoms with Gasteiger partial charge < -0.3 is 4.12 Å². The summed E-state index contributed by atoms with van der Waals surface area (Å²) >= 11 is 0. The Morgan fingerprint density at radius 2 is 1.77 bits per heavy atom. The van der Waals surface area contributed by atoms with Crippen molar-refractivity contribution in [1.29, 1.82) is 0 Å². The van der Waals surface area contributed by atoms with Crippen LogP contribution in [0, 0.1) is 0 Å². The van der Waals surface area contributed by atoms with Crippen LogP contribution in [0.15, 0.2) is 0 Å². The van der Waals surface area contributed by atoms with E-state index in [0.717, 1.165) is 0 Å². The maximum Gasteiger partial charge on any atom is 0.185 e. The second-order valence-corrected chi connectivity index (χ2v) is 15.3. The predicted molar refractivity (Wildman–Crippen MR) is 62.0 cm³/mol. The Bertz CT molecular complexity index is 225. The molecule has 2 rings (SSSR count). The normalized spacial score (nSPS) is 41.5. The van der Waals surface area contributed by atoms with Gasteiger partial charge in [-0.25, -0.2) is 0 Å². The van der Waals surface area contributed by atoms with Crippen LogP contribution in [-0.2, 0) is 4.12 Å². The lowest BCUT2D eigenvalue weighted by atomic mass is 10.1. The van der Waals surface area contributed by atoms with Crippen molar-refractivity contribution in [3.63, 3.8) is 0 Å². The Morgan fingerprint density at radius 3 is 2.08 bits per heavy atom. The zero-order valence-corrected chi connectivity index (χ0v) is 11.4. The van der Waals surface area contributed by atoms with Gasteiger partial charge in [0.05, 0.1) is 0 Å². The minimum atomic E-state index is -1.23. The van der Waals surface area contributed by atoms with Crippen LogP contribution in [0.4, 0.5) is 0 Å². The molecule has 2 aliphatic rings. The third-order valence-electron chi connectivity index (χ3n) is 4.22. The van der Waals surface area contributed by atoms with E-state index in [9.17, 15) is 0 Å². The quantitative estimate of drug-likeness (QED) is 0.558. The molecule has 3 heteroatoms. The van der Waals surface area contributed by atoms with Gasteiger partial charge in [-0.05, 0) is 42.7 Å². The molecule has 1 unspecified atom stereocenters. The van der Waals surface area contributed by atoms with E-state index in [0.29, 0.717) is 5.04 Å². The van der Waals surface area contributed by atoms with Crippen LogP contribution < -0.4 is 0 Å². The van der Waals surface area contributed by atoms with E-state index in [2.05, 4.69) is 26.9 Å². The number of hydrogen-bond acceptors (Lipinski definition) is 1. The molecule has 0 aromatic heterocycles. The fourth-order valence-electron chi connectivity index (χ4n) is 2.99. The molecule has 0 aromatic rings. The van der Waals surface area contributed by atoms with Gasteiger partial charge in [-0.15, -0.1) is 0 Å². The number of hydrogen-bond donors (Lipinski definition) is 0. The molecule has 2 saturated heterocycles. The van der Waals surface area contributed by atoms with E-state index >= 15 is 0 Å². The topological polar surface area (TPSA) is 9.23 Å². The lowest BCUT2D eigenvalue weighted by Gasteiger charge is -2.59. The van der Waals surface area contributed by atoms with Crippen molar-refractivity contribution in [3.05, 3.63) is 0 Å². The highest BCUT2D eigenvalue weighted by Crippen LogP contribution is 2.60. The minimum absolute atomic E-state index is 0.595. The average Bonchev–Trinajstić information content (AvgIpc) is 2.01. The average molecular weight is 214 g/mol. The lowest BCUT2D eigenvalue weighted by Crippen LogP contribution is -2.63. The zero-order valence-electron chi connectivity index (χ0n) is 9.44. The molecule has 76 valence electrons. The second kappa shape index (κ2) is 2.70. The fraction of sp³-hybridized carbons (Fsp3) is 1.00. The van der Waals surface area contributed by atoms with Crippen LogP contribution in [-0.4, -0.2) is 16.6 Å². The van der Waals surface area contributed by atoms with Crippen LogP contribution in [0.5, 0.6) is 0 Å². The summed E-state index contributed by atoms with van der Waals surface area (Å²) < 4.78 is 6.59. The summed E-state index contributed by atoms with van der Waals surface area (Å²) in [6.07, 6.45) is 2.89. The summed E-state index contributed by atoms with van der Waals surface area (Å²) in [5.41, 5.74) is 0. The molecule has 0 bridgehead atoms. The summed E-state index contributed by atoms with van der Waals surface area (Å²) in [5.74, 6) is 0. The molecule has 0 aliphatic carbocycles. The maximum absolute atomic E-state index is 6.59. The van der Waals surface area contributed by atoms with Gasteiger partial charge in [-0.3, -0.25) is 0 Å². The lowest BCUT2D eigenvalue weighted by molar-refractivity contribution is 0.369. The van der Waals surface area contributed by atoms with E-state index < -0.39 is 16.6 Å². The van der Waals surface area contributed by atoms with E-state index in [4.69, 9.17) is 4.12 Å². The largest absolute Gasteiger partial charge is 0.455 e. The first-order valence-corrected chi connectivity index (χ1v) is 11.0. The SMILES string of the molecule is CC1(C)CC[Si]12CCC[Si](C)(C)O2. The van der Waals surface area contributed by atoms with Gasteiger partial charge >= 0.3 is 0 Å². The van der Waals surface area contributed by atoms with Gasteiger partial charge in [0.1, 0.15) is 0 Å². The summed E-state index contributed by atoms with van der Waals surface area (Å²) in [7, 11) is -2.45. The molecular weight excluding hydrogens is 192 g/mol. The van der Waals surface area contributed by atoms with Crippen LogP contribution in [0.25, 0.3) is 0 Å². The van der Waals surface area contributed by atoms with Crippen LogP contribution in [0.1, 0.15) is 26.7 Å². The molecule has 2 heterocycles. The van der Waals surface area contributed by atoms with E-state index in [-0.39, 0.29) is 0 Å². The molecule has 13 heavy (non-hydrogen) atoms. The summed E-state index contributed by atoms with van der Waals surface area (Å²) in [5, 5.41) is 0.595. The molecule has 0 amide bonds. The van der Waals surface area contributed by atoms with Gasteiger partial charge in [0.2, 0.25) is 0 Å². The van der Waals surface area contributed by atoms with Crippen molar-refractivity contribution in [2.24, 2.45) is 0 Å². The van der Waals surface area contributed by atoms with E-state index in [1.54, 1.807) is 0 Å². The zero-order chi connectivity index (χ0) is 9.74. The molecule has 2 aliphatic heterocycles. The Morgan fingerprint density at radius 1 is 1.08 bits per heavy atom. The van der Waals surface area contributed by atoms with Gasteiger partial charge in [-0.1, -0.05) is 20.3 Å². The highest BCUT2D eigenvalue weighted by atomic mass is 28.4. The maximum atomic E-state index is 6.59. The van der Waals surface area contributed by atoms with Crippen LogP contribution >= 0.6 is 0 Å². The molecule has 1 spiro atoms. The Labute approximate surface area is 84.1 Å². The van der Waals surface area contributed by atoms with Crippen molar-refractivity contribution in [2.75, 3.05) is 0 Å². The Kier molecular flexibility index (Phi) is 2.07. The number of rotatable bonds is 0. The van der Waals surface area contributed by atoms with Gasteiger partial charge in [0.15, 0.2) is 16.6 Å². The van der Waals surface area contributed by atoms with Crippen molar-refractivity contribution in [3.8, 4) is 0 Å². The third kappa shape index (κ3) is 1.45. The molecule has 0 N–H and O–H groups in total. The van der Waals surface area contributed by atoms with Gasteiger partial charge in [0, 0.05) is 0 Å². The first-order valence-electron chi connectivity index (χ1n) is 5.57. The molecule has 0 aromatic carbocycles. The first kappa shape index (κ1) is 9.93. The standard InChI is InChI=1S/C10H22OSi2/c1-10(2)6-9-13(10)8-5-7-12(3,4)11-13/h5-9H2,1-4H3. The molecule has 0 saturated carbocycles. The smallest absolute Gasteiger partial charge is 0.185 e. The van der Waals surface area contributed by atoms with Crippen molar-refractivity contribution in [2.45, 2.75) is 63.0 Å². The van der Waals surface area contributed by atoms with Crippen molar-refractivity contribution < 1.29 is 4.12 Å². The highest BCUT2D eigenvalue weighted by molar-refractivity contribution is 6.90. The Balaban J connectivity index is 2.16. The van der Waals surface area contributed by atoms with Crippen LogP contribution in [0.2, 0.25) is 36.3 Å². The highest BCUT2D eigenvalue weighted by Gasteiger charge is 2.59. The summed E-state index contributed by atoms with van der Waals surface area (Å²) in [4.78, 5) is 0. The van der Waals surface area contributed by atoms with E-state index in [1.807, 2.05) is 0 Å². The molecule has 2 fully saturated rings. The summed E-state index contributed by atoms with van der Waals surface area (Å²) in [6.45, 7) is 9.71. The van der Waals surface area contributed by atoms with Crippen molar-refractivity contribution in [1.82, 2.24) is 0 Å². The monoisotopic (exact) mass is 214 g/mol. The van der Waals surface area contributed by atoms with Crippen molar-refractivity contribution >= 4 is 16.6 Å². The van der Waals surface area contributed by atoms with Gasteiger partial charge in [-0.2, -0.15) is 0 Å². The van der Waals surface area contributed by atoms with Crippen LogP contribution in [0.3, 0.4) is 0 Å². The minimum Gasteiger partial charge on any atom is -0.455 e.